The van der Waals surface area contributed by atoms with Crippen molar-refractivity contribution in [1.29, 1.82) is 0 Å². The number of hydrogen-bond donors (Lipinski definition) is 1. The average molecular weight is 377 g/mol. The zero-order valence-corrected chi connectivity index (χ0v) is 16.2. The summed E-state index contributed by atoms with van der Waals surface area (Å²) in [7, 11) is 1.69. The van der Waals surface area contributed by atoms with Crippen molar-refractivity contribution < 1.29 is 4.74 Å². The number of aromatic nitrogens is 4. The number of methoxy groups -OCH3 is 1. The van der Waals surface area contributed by atoms with Crippen molar-refractivity contribution in [2.75, 3.05) is 12.4 Å². The molecule has 2 unspecified atom stereocenters. The number of ether oxygens (including phenoxy) is 1. The fourth-order valence-electron chi connectivity index (χ4n) is 3.53. The van der Waals surface area contributed by atoms with Crippen LogP contribution in [-0.2, 0) is 0 Å². The minimum atomic E-state index is 0.385. The van der Waals surface area contributed by atoms with Gasteiger partial charge in [-0.25, -0.2) is 9.97 Å². The fourth-order valence-corrected chi connectivity index (χ4v) is 4.62. The number of anilines is 1. The molecule has 1 aliphatic rings. The van der Waals surface area contributed by atoms with Crippen molar-refractivity contribution >= 4 is 37.6 Å². The largest absolute Gasteiger partial charge is 0.497 e. The molecule has 136 valence electrons. The SMILES string of the molecule is COc1ccc(C2CC2Nc2ncnc3c2sc2nnc(C)c(C)c23)cc1. The zero-order chi connectivity index (χ0) is 18.5. The molecule has 1 fully saturated rings. The molecule has 1 saturated carbocycles. The zero-order valence-electron chi connectivity index (χ0n) is 15.4. The van der Waals surface area contributed by atoms with Gasteiger partial charge in [-0.05, 0) is 43.5 Å². The predicted octanol–water partition coefficient (Wildman–Crippen LogP) is 4.23. The number of rotatable bonds is 4. The van der Waals surface area contributed by atoms with Crippen molar-refractivity contribution in [3.8, 4) is 5.75 Å². The molecule has 5 rings (SSSR count). The number of fused-ring (bicyclic) bond motifs is 3. The summed E-state index contributed by atoms with van der Waals surface area (Å²) in [5.74, 6) is 2.28. The molecular weight excluding hydrogens is 358 g/mol. The van der Waals surface area contributed by atoms with E-state index < -0.39 is 0 Å². The van der Waals surface area contributed by atoms with E-state index in [0.717, 1.165) is 49.7 Å². The molecule has 7 heteroatoms. The van der Waals surface area contributed by atoms with Crippen molar-refractivity contribution in [3.63, 3.8) is 0 Å². The molecule has 27 heavy (non-hydrogen) atoms. The van der Waals surface area contributed by atoms with Gasteiger partial charge in [0, 0.05) is 17.3 Å². The highest BCUT2D eigenvalue weighted by molar-refractivity contribution is 7.25. The van der Waals surface area contributed by atoms with Gasteiger partial charge in [-0.2, -0.15) is 5.10 Å². The lowest BCUT2D eigenvalue weighted by molar-refractivity contribution is 0.414. The third kappa shape index (κ3) is 2.70. The van der Waals surface area contributed by atoms with Crippen LogP contribution in [-0.4, -0.2) is 33.3 Å². The number of thiophene rings is 1. The van der Waals surface area contributed by atoms with E-state index in [-0.39, 0.29) is 0 Å². The Bertz CT molecular complexity index is 1150. The Kier molecular flexibility index (Phi) is 3.72. The van der Waals surface area contributed by atoms with E-state index in [1.165, 1.54) is 5.56 Å². The molecular formula is C20H19N5OS. The van der Waals surface area contributed by atoms with Gasteiger partial charge in [0.25, 0.3) is 0 Å². The molecule has 6 nitrogen and oxygen atoms in total. The number of nitrogens with one attached hydrogen (secondary N) is 1. The molecule has 0 bridgehead atoms. The second-order valence-corrected chi connectivity index (χ2v) is 7.96. The third-order valence-corrected chi connectivity index (χ3v) is 6.39. The number of aryl methyl sites for hydroxylation is 2. The molecule has 0 amide bonds. The molecule has 3 heterocycles. The summed E-state index contributed by atoms with van der Waals surface area (Å²) in [6.45, 7) is 4.06. The molecule has 0 aliphatic heterocycles. The Morgan fingerprint density at radius 1 is 1.11 bits per heavy atom. The van der Waals surface area contributed by atoms with Crippen LogP contribution in [0.2, 0.25) is 0 Å². The second kappa shape index (κ2) is 6.13. The first-order valence-corrected chi connectivity index (χ1v) is 9.75. The van der Waals surface area contributed by atoms with E-state index in [1.807, 2.05) is 19.1 Å². The molecule has 1 aliphatic carbocycles. The van der Waals surface area contributed by atoms with Crippen LogP contribution < -0.4 is 10.1 Å². The monoisotopic (exact) mass is 377 g/mol. The summed E-state index contributed by atoms with van der Waals surface area (Å²) in [5, 5.41) is 13.3. The van der Waals surface area contributed by atoms with E-state index >= 15 is 0 Å². The Balaban J connectivity index is 1.47. The number of hydrogen-bond acceptors (Lipinski definition) is 7. The lowest BCUT2D eigenvalue weighted by Gasteiger charge is -2.07. The highest BCUT2D eigenvalue weighted by atomic mass is 32.1. The van der Waals surface area contributed by atoms with E-state index in [9.17, 15) is 0 Å². The summed E-state index contributed by atoms with van der Waals surface area (Å²) in [5.41, 5.74) is 4.37. The maximum atomic E-state index is 5.24. The summed E-state index contributed by atoms with van der Waals surface area (Å²) in [6, 6.07) is 8.70. The van der Waals surface area contributed by atoms with Gasteiger partial charge in [-0.1, -0.05) is 12.1 Å². The van der Waals surface area contributed by atoms with Crippen molar-refractivity contribution in [2.24, 2.45) is 0 Å². The standard InChI is InChI=1S/C20H19N5OS/c1-10-11(2)24-25-20-16(10)17-18(27-20)19(22-9-21-17)23-15-8-14(15)12-4-6-13(26-3)7-5-12/h4-7,9,14-15H,8H2,1-3H3,(H,21,22,23). The summed E-state index contributed by atoms with van der Waals surface area (Å²) in [6.07, 6.45) is 2.73. The molecule has 0 radical (unpaired) electrons. The Morgan fingerprint density at radius 2 is 1.93 bits per heavy atom. The summed E-state index contributed by atoms with van der Waals surface area (Å²) < 4.78 is 6.30. The van der Waals surface area contributed by atoms with Crippen molar-refractivity contribution in [1.82, 2.24) is 20.2 Å². The molecule has 2 atom stereocenters. The first kappa shape index (κ1) is 16.4. The summed E-state index contributed by atoms with van der Waals surface area (Å²) in [4.78, 5) is 9.96. The van der Waals surface area contributed by atoms with Gasteiger partial charge in [-0.15, -0.1) is 16.4 Å². The van der Waals surface area contributed by atoms with Crippen molar-refractivity contribution in [2.45, 2.75) is 32.2 Å². The highest BCUT2D eigenvalue weighted by Gasteiger charge is 2.39. The molecule has 0 saturated heterocycles. The Hall–Kier alpha value is -2.80. The van der Waals surface area contributed by atoms with Gasteiger partial charge in [0.2, 0.25) is 0 Å². The fraction of sp³-hybridized carbons (Fsp3) is 0.300. The van der Waals surface area contributed by atoms with Crippen LogP contribution in [0.1, 0.15) is 29.2 Å². The van der Waals surface area contributed by atoms with E-state index in [4.69, 9.17) is 4.74 Å². The minimum absolute atomic E-state index is 0.385. The predicted molar refractivity (Wildman–Crippen MR) is 108 cm³/mol. The second-order valence-electron chi connectivity index (χ2n) is 6.96. The van der Waals surface area contributed by atoms with Crippen LogP contribution in [0, 0.1) is 13.8 Å². The average Bonchev–Trinajstić information content (AvgIpc) is 3.35. The highest BCUT2D eigenvalue weighted by Crippen LogP contribution is 2.45. The number of benzene rings is 1. The molecule has 4 aromatic rings. The molecule has 1 N–H and O–H groups in total. The maximum absolute atomic E-state index is 5.24. The maximum Gasteiger partial charge on any atom is 0.149 e. The Morgan fingerprint density at radius 3 is 2.70 bits per heavy atom. The van der Waals surface area contributed by atoms with Crippen molar-refractivity contribution in [3.05, 3.63) is 47.4 Å². The van der Waals surface area contributed by atoms with E-state index in [1.54, 1.807) is 24.8 Å². The smallest absolute Gasteiger partial charge is 0.149 e. The normalized spacial score (nSPS) is 18.8. The van der Waals surface area contributed by atoms with Gasteiger partial charge in [0.1, 0.15) is 22.7 Å². The van der Waals surface area contributed by atoms with Gasteiger partial charge < -0.3 is 10.1 Å². The third-order valence-electron chi connectivity index (χ3n) is 5.32. The van der Waals surface area contributed by atoms with Gasteiger partial charge >= 0.3 is 0 Å². The van der Waals surface area contributed by atoms with Crippen LogP contribution in [0.5, 0.6) is 5.75 Å². The quantitative estimate of drug-likeness (QED) is 0.574. The van der Waals surface area contributed by atoms with Gasteiger partial charge in [0.15, 0.2) is 0 Å². The van der Waals surface area contributed by atoms with Crippen LogP contribution in [0.25, 0.3) is 20.4 Å². The molecule has 0 spiro atoms. The topological polar surface area (TPSA) is 72.8 Å². The van der Waals surface area contributed by atoms with Crippen LogP contribution in [0.4, 0.5) is 5.82 Å². The van der Waals surface area contributed by atoms with Crippen LogP contribution in [0.15, 0.2) is 30.6 Å². The van der Waals surface area contributed by atoms with E-state index in [0.29, 0.717) is 12.0 Å². The van der Waals surface area contributed by atoms with Crippen LogP contribution >= 0.6 is 11.3 Å². The number of nitrogens with zero attached hydrogens (tertiary/aromatic N) is 4. The molecule has 3 aromatic heterocycles. The lowest BCUT2D eigenvalue weighted by Crippen LogP contribution is -2.06. The van der Waals surface area contributed by atoms with Crippen LogP contribution in [0.3, 0.4) is 0 Å². The first-order chi connectivity index (χ1) is 13.2. The minimum Gasteiger partial charge on any atom is -0.497 e. The van der Waals surface area contributed by atoms with E-state index in [2.05, 4.69) is 44.5 Å². The molecule has 1 aromatic carbocycles. The summed E-state index contributed by atoms with van der Waals surface area (Å²) >= 11 is 1.61. The van der Waals surface area contributed by atoms with Gasteiger partial charge in [-0.3, -0.25) is 0 Å². The Labute approximate surface area is 160 Å². The van der Waals surface area contributed by atoms with Gasteiger partial charge in [0.05, 0.1) is 23.0 Å². The lowest BCUT2D eigenvalue weighted by atomic mass is 10.1. The first-order valence-electron chi connectivity index (χ1n) is 8.93.